The molecule has 3 rings (SSSR count). The van der Waals surface area contributed by atoms with Gasteiger partial charge in [-0.1, -0.05) is 11.6 Å². The fraction of sp³-hybridized carbons (Fsp3) is 0.667. The molecule has 0 unspecified atom stereocenters. The Bertz CT molecular complexity index is 723. The Morgan fingerprint density at radius 2 is 1.93 bits per heavy atom. The molecule has 1 aliphatic carbocycles. The van der Waals surface area contributed by atoms with E-state index in [0.29, 0.717) is 31.2 Å². The Labute approximate surface area is 166 Å². The number of carbonyl (C=O) groups excluding carboxylic acids is 2. The Kier molecular flexibility index (Phi) is 7.65. The average molecular weight is 389 g/mol. The van der Waals surface area contributed by atoms with Crippen molar-refractivity contribution < 1.29 is 14.3 Å². The summed E-state index contributed by atoms with van der Waals surface area (Å²) in [4.78, 5) is 29.7. The average Bonchev–Trinajstić information content (AvgIpc) is 3.12. The first-order valence-electron chi connectivity index (χ1n) is 10.5. The maximum absolute atomic E-state index is 12.7. The number of imidazole rings is 1. The van der Waals surface area contributed by atoms with Crippen molar-refractivity contribution >= 4 is 11.8 Å². The van der Waals surface area contributed by atoms with Crippen molar-refractivity contribution in [3.05, 3.63) is 28.9 Å². The van der Waals surface area contributed by atoms with E-state index in [1.165, 1.54) is 18.4 Å². The van der Waals surface area contributed by atoms with Gasteiger partial charge in [-0.15, -0.1) is 0 Å². The van der Waals surface area contributed by atoms with Gasteiger partial charge in [-0.2, -0.15) is 0 Å². The Hall–Kier alpha value is -2.15. The van der Waals surface area contributed by atoms with Crippen LogP contribution >= 0.6 is 0 Å². The van der Waals surface area contributed by atoms with Gasteiger partial charge in [-0.3, -0.25) is 9.59 Å². The maximum Gasteiger partial charge on any atom is 0.287 e. The van der Waals surface area contributed by atoms with Crippen molar-refractivity contribution in [1.29, 1.82) is 0 Å². The maximum atomic E-state index is 12.7. The summed E-state index contributed by atoms with van der Waals surface area (Å²) in [5.74, 6) is -0.0134. The van der Waals surface area contributed by atoms with Crippen LogP contribution in [0, 0.1) is 0 Å². The quantitative estimate of drug-likeness (QED) is 0.503. The van der Waals surface area contributed by atoms with E-state index in [9.17, 15) is 9.59 Å². The van der Waals surface area contributed by atoms with Gasteiger partial charge in [0.2, 0.25) is 0 Å². The molecule has 0 fully saturated rings. The number of amides is 2. The standard InChI is InChI=1S/C21H32N4O3/c1-28-15-7-12-22-20(26)18-17-10-5-6-14-25(17)19(24-18)21(27)23-13-11-16-8-3-2-4-9-16/h8H,2-7,9-15H2,1H3,(H,22,26)(H,23,27). The van der Waals surface area contributed by atoms with Crippen molar-refractivity contribution in [3.8, 4) is 0 Å². The lowest BCUT2D eigenvalue weighted by molar-refractivity contribution is 0.0937. The van der Waals surface area contributed by atoms with E-state index in [1.807, 2.05) is 4.57 Å². The van der Waals surface area contributed by atoms with Crippen molar-refractivity contribution in [2.75, 3.05) is 26.8 Å². The smallest absolute Gasteiger partial charge is 0.287 e. The van der Waals surface area contributed by atoms with Gasteiger partial charge >= 0.3 is 0 Å². The lowest BCUT2D eigenvalue weighted by Gasteiger charge is -2.17. The van der Waals surface area contributed by atoms with Gasteiger partial charge in [-0.25, -0.2) is 4.98 Å². The molecule has 0 saturated carbocycles. The number of hydrogen-bond acceptors (Lipinski definition) is 4. The summed E-state index contributed by atoms with van der Waals surface area (Å²) in [5, 5.41) is 5.89. The molecule has 1 aromatic rings. The third kappa shape index (κ3) is 5.22. The molecule has 0 spiro atoms. The van der Waals surface area contributed by atoms with Crippen LogP contribution in [0.3, 0.4) is 0 Å². The Morgan fingerprint density at radius 1 is 1.11 bits per heavy atom. The third-order valence-corrected chi connectivity index (χ3v) is 5.46. The van der Waals surface area contributed by atoms with Crippen LogP contribution in [0.15, 0.2) is 11.6 Å². The van der Waals surface area contributed by atoms with Crippen molar-refractivity contribution in [2.45, 2.75) is 64.3 Å². The van der Waals surface area contributed by atoms with E-state index in [-0.39, 0.29) is 11.8 Å². The van der Waals surface area contributed by atoms with Gasteiger partial charge in [-0.05, 0) is 57.8 Å². The van der Waals surface area contributed by atoms with Crippen LogP contribution in [0.1, 0.15) is 78.2 Å². The van der Waals surface area contributed by atoms with Gasteiger partial charge in [0.1, 0.15) is 5.69 Å². The molecule has 0 aromatic carbocycles. The summed E-state index contributed by atoms with van der Waals surface area (Å²) in [6.07, 6.45) is 11.6. The molecule has 28 heavy (non-hydrogen) atoms. The minimum absolute atomic E-state index is 0.182. The molecule has 1 aliphatic heterocycles. The largest absolute Gasteiger partial charge is 0.385 e. The highest BCUT2D eigenvalue weighted by Crippen LogP contribution is 2.22. The summed E-state index contributed by atoms with van der Waals surface area (Å²) < 4.78 is 6.94. The van der Waals surface area contributed by atoms with E-state index in [1.54, 1.807) is 7.11 Å². The monoisotopic (exact) mass is 388 g/mol. The third-order valence-electron chi connectivity index (χ3n) is 5.46. The van der Waals surface area contributed by atoms with Crippen LogP contribution in [0.2, 0.25) is 0 Å². The summed E-state index contributed by atoms with van der Waals surface area (Å²) in [6.45, 7) is 2.50. The van der Waals surface area contributed by atoms with Crippen LogP contribution in [0.4, 0.5) is 0 Å². The fourth-order valence-corrected chi connectivity index (χ4v) is 3.95. The molecule has 7 heteroatoms. The second-order valence-electron chi connectivity index (χ2n) is 7.56. The zero-order valence-corrected chi connectivity index (χ0v) is 16.9. The van der Waals surface area contributed by atoms with Crippen molar-refractivity contribution in [3.63, 3.8) is 0 Å². The zero-order chi connectivity index (χ0) is 19.8. The van der Waals surface area contributed by atoms with Gasteiger partial charge in [0.15, 0.2) is 5.82 Å². The molecule has 2 N–H and O–H groups in total. The number of hydrogen-bond donors (Lipinski definition) is 2. The number of aromatic nitrogens is 2. The summed E-state index contributed by atoms with van der Waals surface area (Å²) in [7, 11) is 1.64. The van der Waals surface area contributed by atoms with E-state index in [0.717, 1.165) is 57.2 Å². The molecule has 0 bridgehead atoms. The van der Waals surface area contributed by atoms with Crippen LogP contribution < -0.4 is 10.6 Å². The number of nitrogens with zero attached hydrogens (tertiary/aromatic N) is 2. The predicted molar refractivity (Wildman–Crippen MR) is 107 cm³/mol. The normalized spacial score (nSPS) is 16.2. The number of carbonyl (C=O) groups is 2. The number of methoxy groups -OCH3 is 1. The lowest BCUT2D eigenvalue weighted by Crippen LogP contribution is -2.29. The summed E-state index contributed by atoms with van der Waals surface area (Å²) >= 11 is 0. The van der Waals surface area contributed by atoms with Crippen LogP contribution in [-0.2, 0) is 17.7 Å². The second kappa shape index (κ2) is 10.4. The van der Waals surface area contributed by atoms with Crippen molar-refractivity contribution in [1.82, 2.24) is 20.2 Å². The van der Waals surface area contributed by atoms with Gasteiger partial charge in [0.25, 0.3) is 11.8 Å². The predicted octanol–water partition coefficient (Wildman–Crippen LogP) is 2.61. The highest BCUT2D eigenvalue weighted by molar-refractivity contribution is 5.97. The number of ether oxygens (including phenoxy) is 1. The Morgan fingerprint density at radius 3 is 2.71 bits per heavy atom. The molecule has 2 amide bonds. The first-order valence-corrected chi connectivity index (χ1v) is 10.5. The van der Waals surface area contributed by atoms with Gasteiger partial charge in [0.05, 0.1) is 5.69 Å². The highest BCUT2D eigenvalue weighted by atomic mass is 16.5. The van der Waals surface area contributed by atoms with Crippen LogP contribution in [0.25, 0.3) is 0 Å². The lowest BCUT2D eigenvalue weighted by atomic mass is 9.97. The topological polar surface area (TPSA) is 85.2 Å². The molecular weight excluding hydrogens is 356 g/mol. The molecule has 2 heterocycles. The molecule has 2 aliphatic rings. The summed E-state index contributed by atoms with van der Waals surface area (Å²) in [5.41, 5.74) is 2.72. The van der Waals surface area contributed by atoms with Crippen LogP contribution in [-0.4, -0.2) is 48.2 Å². The number of nitrogens with one attached hydrogen (secondary N) is 2. The zero-order valence-electron chi connectivity index (χ0n) is 16.9. The second-order valence-corrected chi connectivity index (χ2v) is 7.56. The van der Waals surface area contributed by atoms with Gasteiger partial charge in [0, 0.05) is 33.4 Å². The summed E-state index contributed by atoms with van der Waals surface area (Å²) in [6, 6.07) is 0. The first kappa shape index (κ1) is 20.6. The fourth-order valence-electron chi connectivity index (χ4n) is 3.95. The minimum Gasteiger partial charge on any atom is -0.385 e. The van der Waals surface area contributed by atoms with Crippen LogP contribution in [0.5, 0.6) is 0 Å². The number of rotatable bonds is 9. The van der Waals surface area contributed by atoms with E-state index < -0.39 is 0 Å². The molecule has 0 radical (unpaired) electrons. The van der Waals surface area contributed by atoms with E-state index in [4.69, 9.17) is 4.74 Å². The highest BCUT2D eigenvalue weighted by Gasteiger charge is 2.27. The molecule has 0 saturated heterocycles. The molecule has 0 atom stereocenters. The van der Waals surface area contributed by atoms with Gasteiger partial charge < -0.3 is 19.9 Å². The molecule has 7 nitrogen and oxygen atoms in total. The van der Waals surface area contributed by atoms with E-state index >= 15 is 0 Å². The SMILES string of the molecule is COCCCNC(=O)c1nc(C(=O)NCCC2=CCCCC2)n2c1CCCC2. The molecule has 1 aromatic heterocycles. The minimum atomic E-state index is -0.201. The number of fused-ring (bicyclic) bond motifs is 1. The van der Waals surface area contributed by atoms with E-state index in [2.05, 4.69) is 21.7 Å². The Balaban J connectivity index is 1.63. The first-order chi connectivity index (χ1) is 13.7. The molecular formula is C21H32N4O3. The molecule has 154 valence electrons. The number of allylic oxidation sites excluding steroid dienone is 1. The van der Waals surface area contributed by atoms with Crippen molar-refractivity contribution in [2.24, 2.45) is 0 Å².